The van der Waals surface area contributed by atoms with Gasteiger partial charge in [-0.3, -0.25) is 0 Å². The topological polar surface area (TPSA) is 69.2 Å². The Morgan fingerprint density at radius 3 is 2.77 bits per heavy atom. The third-order valence-electron chi connectivity index (χ3n) is 4.38. The maximum absolute atomic E-state index is 11.5. The van der Waals surface area contributed by atoms with E-state index in [-0.39, 0.29) is 0 Å². The molecule has 0 atom stereocenters. The average Bonchev–Trinajstić information content (AvgIpc) is 3.01. The molecule has 0 amide bonds. The highest BCUT2D eigenvalue weighted by Crippen LogP contribution is 2.26. The fraction of sp³-hybridized carbons (Fsp3) is 0.150. The molecule has 0 aliphatic carbocycles. The summed E-state index contributed by atoms with van der Waals surface area (Å²) in [5, 5.41) is 19.3. The fourth-order valence-electron chi connectivity index (χ4n) is 2.99. The quantitative estimate of drug-likeness (QED) is 0.455. The molecule has 0 radical (unpaired) electrons. The number of hydrogen-bond donors (Lipinski definition) is 1. The summed E-state index contributed by atoms with van der Waals surface area (Å²) >= 11 is 0. The van der Waals surface area contributed by atoms with Crippen LogP contribution in [0.2, 0.25) is 0 Å². The molecule has 0 aliphatic heterocycles. The van der Waals surface area contributed by atoms with E-state index < -0.39 is 0 Å². The van der Waals surface area contributed by atoms with Crippen LogP contribution in [0.15, 0.2) is 61.1 Å². The highest BCUT2D eigenvalue weighted by atomic mass is 16.5. The average molecular weight is 345 g/mol. The van der Waals surface area contributed by atoms with Crippen LogP contribution >= 0.6 is 0 Å². The lowest BCUT2D eigenvalue weighted by atomic mass is 10.1. The van der Waals surface area contributed by atoms with E-state index in [2.05, 4.69) is 29.5 Å². The van der Waals surface area contributed by atoms with E-state index in [9.17, 15) is 5.21 Å². The number of benzene rings is 1. The van der Waals surface area contributed by atoms with Gasteiger partial charge in [0.05, 0.1) is 11.9 Å². The lowest BCUT2D eigenvalue weighted by Crippen LogP contribution is -2.25. The lowest BCUT2D eigenvalue weighted by Gasteiger charge is -2.12. The summed E-state index contributed by atoms with van der Waals surface area (Å²) < 4.78 is 2.60. The van der Waals surface area contributed by atoms with E-state index in [4.69, 9.17) is 4.98 Å². The van der Waals surface area contributed by atoms with Crippen LogP contribution < -0.4 is 10.0 Å². The van der Waals surface area contributed by atoms with Crippen molar-refractivity contribution in [3.05, 3.63) is 83.0 Å². The number of aryl methyl sites for hydroxylation is 2. The lowest BCUT2D eigenvalue weighted by molar-refractivity contribution is -0.605. The number of anilines is 1. The molecule has 0 bridgehead atoms. The Morgan fingerprint density at radius 2 is 1.96 bits per heavy atom. The standard InChI is InChI=1S/C20H19N5O/c1-14-6-3-4-8-17(14)18-10-19(25-20(23-18)15(2)11-22-25)21-12-16-7-5-9-24(26)13-16/h3-11,13,21H,12H2,1-2H3. The van der Waals surface area contributed by atoms with Crippen LogP contribution in [-0.4, -0.2) is 14.6 Å². The molecule has 3 aromatic heterocycles. The zero-order valence-corrected chi connectivity index (χ0v) is 14.7. The van der Waals surface area contributed by atoms with Gasteiger partial charge >= 0.3 is 0 Å². The Labute approximate surface area is 151 Å². The van der Waals surface area contributed by atoms with Crippen molar-refractivity contribution in [3.63, 3.8) is 0 Å². The number of hydrogen-bond acceptors (Lipinski definition) is 4. The van der Waals surface area contributed by atoms with Gasteiger partial charge in [0.15, 0.2) is 18.0 Å². The molecule has 0 unspecified atom stereocenters. The highest BCUT2D eigenvalue weighted by Gasteiger charge is 2.12. The third kappa shape index (κ3) is 2.97. The molecule has 1 N–H and O–H groups in total. The van der Waals surface area contributed by atoms with E-state index in [0.29, 0.717) is 6.54 Å². The number of aromatic nitrogens is 4. The Kier molecular flexibility index (Phi) is 4.01. The third-order valence-corrected chi connectivity index (χ3v) is 4.38. The summed E-state index contributed by atoms with van der Waals surface area (Å²) in [6.07, 6.45) is 4.84. The first-order valence-corrected chi connectivity index (χ1v) is 8.45. The minimum absolute atomic E-state index is 0.522. The van der Waals surface area contributed by atoms with Gasteiger partial charge in [-0.1, -0.05) is 24.3 Å². The summed E-state index contributed by atoms with van der Waals surface area (Å²) in [6, 6.07) is 13.8. The molecule has 4 rings (SSSR count). The Balaban J connectivity index is 1.77. The molecule has 1 aromatic carbocycles. The first-order valence-electron chi connectivity index (χ1n) is 8.45. The fourth-order valence-corrected chi connectivity index (χ4v) is 2.99. The van der Waals surface area contributed by atoms with E-state index in [0.717, 1.165) is 38.6 Å². The minimum Gasteiger partial charge on any atom is -0.619 e. The molecule has 0 saturated carbocycles. The summed E-state index contributed by atoms with van der Waals surface area (Å²) in [7, 11) is 0. The van der Waals surface area contributed by atoms with Gasteiger partial charge in [0, 0.05) is 35.4 Å². The summed E-state index contributed by atoms with van der Waals surface area (Å²) in [6.45, 7) is 4.60. The smallest absolute Gasteiger partial charge is 0.185 e. The highest BCUT2D eigenvalue weighted by molar-refractivity contribution is 5.70. The van der Waals surface area contributed by atoms with Crippen LogP contribution in [0.3, 0.4) is 0 Å². The maximum Gasteiger partial charge on any atom is 0.185 e. The van der Waals surface area contributed by atoms with Gasteiger partial charge in [-0.2, -0.15) is 14.3 Å². The van der Waals surface area contributed by atoms with E-state index >= 15 is 0 Å². The molecule has 26 heavy (non-hydrogen) atoms. The molecule has 0 fully saturated rings. The normalized spacial score (nSPS) is 11.0. The van der Waals surface area contributed by atoms with Crippen molar-refractivity contribution in [1.29, 1.82) is 0 Å². The summed E-state index contributed by atoms with van der Waals surface area (Å²) in [5.41, 5.74) is 5.89. The van der Waals surface area contributed by atoms with Crippen LogP contribution in [0.5, 0.6) is 0 Å². The van der Waals surface area contributed by atoms with E-state index in [1.165, 1.54) is 11.8 Å². The Morgan fingerprint density at radius 1 is 1.12 bits per heavy atom. The van der Waals surface area contributed by atoms with Crippen molar-refractivity contribution in [3.8, 4) is 11.3 Å². The van der Waals surface area contributed by atoms with Crippen LogP contribution in [0.25, 0.3) is 16.9 Å². The van der Waals surface area contributed by atoms with Crippen molar-refractivity contribution in [2.24, 2.45) is 0 Å². The predicted octanol–water partition coefficient (Wildman–Crippen LogP) is 3.26. The van der Waals surface area contributed by atoms with Gasteiger partial charge in [0.2, 0.25) is 0 Å². The summed E-state index contributed by atoms with van der Waals surface area (Å²) in [4.78, 5) is 4.80. The monoisotopic (exact) mass is 345 g/mol. The second kappa shape index (κ2) is 6.48. The minimum atomic E-state index is 0.522. The van der Waals surface area contributed by atoms with Crippen LogP contribution in [0.1, 0.15) is 16.7 Å². The van der Waals surface area contributed by atoms with Gasteiger partial charge in [-0.05, 0) is 25.5 Å². The molecule has 4 aromatic rings. The molecule has 6 heteroatoms. The number of nitrogens with one attached hydrogen (secondary N) is 1. The first kappa shape index (κ1) is 16.1. The first-order chi connectivity index (χ1) is 12.6. The van der Waals surface area contributed by atoms with E-state index in [1.54, 1.807) is 16.8 Å². The molecule has 6 nitrogen and oxygen atoms in total. The number of fused-ring (bicyclic) bond motifs is 1. The molecule has 130 valence electrons. The second-order valence-corrected chi connectivity index (χ2v) is 6.33. The molecule has 0 spiro atoms. The summed E-state index contributed by atoms with van der Waals surface area (Å²) in [5.74, 6) is 0.836. The van der Waals surface area contributed by atoms with Gasteiger partial charge in [-0.25, -0.2) is 4.98 Å². The molecule has 3 heterocycles. The van der Waals surface area contributed by atoms with Crippen molar-refractivity contribution in [2.75, 3.05) is 5.32 Å². The Hall–Kier alpha value is -3.41. The largest absolute Gasteiger partial charge is 0.619 e. The number of nitrogens with zero attached hydrogens (tertiary/aromatic N) is 4. The zero-order chi connectivity index (χ0) is 18.1. The van der Waals surface area contributed by atoms with Crippen LogP contribution in [-0.2, 0) is 6.54 Å². The molecular formula is C20H19N5O. The number of pyridine rings is 1. The molecule has 0 aliphatic rings. The number of rotatable bonds is 4. The van der Waals surface area contributed by atoms with Gasteiger partial charge in [-0.15, -0.1) is 0 Å². The predicted molar refractivity (Wildman–Crippen MR) is 101 cm³/mol. The molecule has 0 saturated heterocycles. The van der Waals surface area contributed by atoms with Crippen LogP contribution in [0.4, 0.5) is 5.82 Å². The van der Waals surface area contributed by atoms with Gasteiger partial charge in [0.25, 0.3) is 0 Å². The van der Waals surface area contributed by atoms with Crippen molar-refractivity contribution < 1.29 is 4.73 Å². The van der Waals surface area contributed by atoms with Crippen LogP contribution in [0, 0.1) is 19.1 Å². The maximum atomic E-state index is 11.5. The van der Waals surface area contributed by atoms with E-state index in [1.807, 2.05) is 37.4 Å². The van der Waals surface area contributed by atoms with Gasteiger partial charge in [0.1, 0.15) is 5.82 Å². The SMILES string of the molecule is Cc1ccccc1-c1cc(NCc2ccc[n+]([O-])c2)n2ncc(C)c2n1. The zero-order valence-electron chi connectivity index (χ0n) is 14.7. The van der Waals surface area contributed by atoms with Crippen molar-refractivity contribution in [1.82, 2.24) is 14.6 Å². The van der Waals surface area contributed by atoms with Gasteiger partial charge < -0.3 is 10.5 Å². The Bertz CT molecular complexity index is 1090. The van der Waals surface area contributed by atoms with Crippen molar-refractivity contribution >= 4 is 11.5 Å². The molecular weight excluding hydrogens is 326 g/mol. The van der Waals surface area contributed by atoms with Crippen molar-refractivity contribution in [2.45, 2.75) is 20.4 Å². The second-order valence-electron chi connectivity index (χ2n) is 6.33.